The number of benzene rings is 2. The number of nitrogens with one attached hydrogen (secondary N) is 1. The number of carboxylic acids is 1. The lowest BCUT2D eigenvalue weighted by Crippen LogP contribution is -2.56. The maximum atomic E-state index is 14.0. The molecule has 176 valence electrons. The van der Waals surface area contributed by atoms with Gasteiger partial charge in [0.25, 0.3) is 0 Å². The Labute approximate surface area is 195 Å². The molecule has 1 aliphatic heterocycles. The maximum absolute atomic E-state index is 14.0. The number of hydrogen-bond acceptors (Lipinski definition) is 6. The number of aliphatic carboxylic acids is 1. The van der Waals surface area contributed by atoms with Crippen LogP contribution in [0.3, 0.4) is 0 Å². The Bertz CT molecular complexity index is 1110. The highest BCUT2D eigenvalue weighted by atomic mass is 32.2. The van der Waals surface area contributed by atoms with Crippen molar-refractivity contribution < 1.29 is 27.8 Å². The Morgan fingerprint density at radius 3 is 2.24 bits per heavy atom. The number of rotatable bonds is 9. The third kappa shape index (κ3) is 5.15. The molecule has 0 radical (unpaired) electrons. The number of methoxy groups -OCH3 is 1. The highest BCUT2D eigenvalue weighted by molar-refractivity contribution is 7.93. The Morgan fingerprint density at radius 1 is 1.09 bits per heavy atom. The normalized spacial score (nSPS) is 16.2. The van der Waals surface area contributed by atoms with Crippen LogP contribution in [0.15, 0.2) is 53.4 Å². The molecule has 1 saturated heterocycles. The molecular weight excluding hydrogens is 442 g/mol. The summed E-state index contributed by atoms with van der Waals surface area (Å²) in [7, 11) is -2.72. The lowest BCUT2D eigenvalue weighted by Gasteiger charge is -2.39. The molecule has 1 aliphatic rings. The zero-order valence-electron chi connectivity index (χ0n) is 18.8. The Hall–Kier alpha value is -3.02. The molecule has 33 heavy (non-hydrogen) atoms. The predicted octanol–water partition coefficient (Wildman–Crippen LogP) is 2.94. The second-order valence-corrected chi connectivity index (χ2v) is 10.1. The summed E-state index contributed by atoms with van der Waals surface area (Å²) in [5.74, 6) is 4.71. The minimum atomic E-state index is -4.26. The molecule has 1 fully saturated rings. The van der Waals surface area contributed by atoms with Crippen LogP contribution >= 0.6 is 0 Å². The first-order valence-corrected chi connectivity index (χ1v) is 12.3. The van der Waals surface area contributed by atoms with Crippen LogP contribution in [0.25, 0.3) is 0 Å². The van der Waals surface area contributed by atoms with E-state index < -0.39 is 26.5 Å². The molecule has 0 spiro atoms. The van der Waals surface area contributed by atoms with Crippen LogP contribution in [-0.2, 0) is 21.1 Å². The van der Waals surface area contributed by atoms with Crippen molar-refractivity contribution in [1.29, 1.82) is 0 Å². The zero-order chi connectivity index (χ0) is 23.9. The summed E-state index contributed by atoms with van der Waals surface area (Å²) in [6, 6.07) is 12.8. The number of piperidine rings is 1. The van der Waals surface area contributed by atoms with Gasteiger partial charge in [-0.3, -0.25) is 4.79 Å². The molecule has 1 unspecified atom stereocenters. The molecule has 2 aromatic rings. The third-order valence-corrected chi connectivity index (χ3v) is 8.59. The number of carboxylic acid groups (broad SMARTS) is 1. The van der Waals surface area contributed by atoms with Crippen LogP contribution in [0.5, 0.6) is 11.5 Å². The first-order chi connectivity index (χ1) is 15.8. The van der Waals surface area contributed by atoms with Crippen molar-refractivity contribution in [2.24, 2.45) is 5.92 Å². The average Bonchev–Trinajstić information content (AvgIpc) is 2.83. The van der Waals surface area contributed by atoms with Crippen molar-refractivity contribution in [2.75, 3.05) is 26.8 Å². The van der Waals surface area contributed by atoms with Crippen molar-refractivity contribution >= 4 is 15.8 Å². The molecule has 1 heterocycles. The van der Waals surface area contributed by atoms with Crippen LogP contribution in [0.4, 0.5) is 0 Å². The molecule has 3 rings (SSSR count). The SMILES string of the molecule is CC#CCOc1ccc(S(=O)(=O)C(Cc2ccc(OC)cc2)(C(=O)O)C2CCNCC2)cc1. The van der Waals surface area contributed by atoms with Crippen molar-refractivity contribution in [3.63, 3.8) is 0 Å². The van der Waals surface area contributed by atoms with E-state index in [0.717, 1.165) is 0 Å². The molecule has 8 heteroatoms. The fraction of sp³-hybridized carbons (Fsp3) is 0.400. The molecule has 7 nitrogen and oxygen atoms in total. The van der Waals surface area contributed by atoms with Crippen molar-refractivity contribution in [3.05, 3.63) is 54.1 Å². The van der Waals surface area contributed by atoms with Gasteiger partial charge < -0.3 is 19.9 Å². The Morgan fingerprint density at radius 2 is 1.70 bits per heavy atom. The molecular formula is C25H29NO6S. The molecule has 0 amide bonds. The third-order valence-electron chi connectivity index (χ3n) is 6.09. The van der Waals surface area contributed by atoms with E-state index in [9.17, 15) is 18.3 Å². The minimum absolute atomic E-state index is 0.0362. The predicted molar refractivity (Wildman–Crippen MR) is 125 cm³/mol. The van der Waals surface area contributed by atoms with Gasteiger partial charge in [-0.05, 0) is 80.7 Å². The Balaban J connectivity index is 2.05. The van der Waals surface area contributed by atoms with Crippen LogP contribution in [0, 0.1) is 17.8 Å². The summed E-state index contributed by atoms with van der Waals surface area (Å²) >= 11 is 0. The van der Waals surface area contributed by atoms with Gasteiger partial charge in [-0.2, -0.15) is 0 Å². The van der Waals surface area contributed by atoms with Gasteiger partial charge in [0, 0.05) is 6.42 Å². The van der Waals surface area contributed by atoms with Gasteiger partial charge in [-0.15, -0.1) is 5.92 Å². The van der Waals surface area contributed by atoms with Gasteiger partial charge in [0.2, 0.25) is 0 Å². The standard InChI is InChI=1S/C25H29NO6S/c1-3-4-17-32-22-9-11-23(12-10-22)33(29,30)25(24(27)28,20-13-15-26-16-14-20)18-19-5-7-21(31-2)8-6-19/h5-12,20,26H,13-18H2,1-2H3,(H,27,28). The quantitative estimate of drug-likeness (QED) is 0.542. The molecule has 0 saturated carbocycles. The molecule has 2 aromatic carbocycles. The first-order valence-electron chi connectivity index (χ1n) is 10.8. The summed E-state index contributed by atoms with van der Waals surface area (Å²) in [5, 5.41) is 13.7. The molecule has 0 bridgehead atoms. The summed E-state index contributed by atoms with van der Waals surface area (Å²) in [6.07, 6.45) is 0.779. The van der Waals surface area contributed by atoms with Gasteiger partial charge in [-0.1, -0.05) is 18.1 Å². The molecule has 1 atom stereocenters. The lowest BCUT2D eigenvalue weighted by molar-refractivity contribution is -0.142. The monoisotopic (exact) mass is 471 g/mol. The first kappa shape index (κ1) is 24.6. The summed E-state index contributed by atoms with van der Waals surface area (Å²) in [6.45, 7) is 3.04. The van der Waals surface area contributed by atoms with Gasteiger partial charge in [0.1, 0.15) is 18.1 Å². The summed E-state index contributed by atoms with van der Waals surface area (Å²) in [5.41, 5.74) is 0.624. The zero-order valence-corrected chi connectivity index (χ0v) is 19.7. The highest BCUT2D eigenvalue weighted by Gasteiger charge is 2.57. The average molecular weight is 472 g/mol. The van der Waals surface area contributed by atoms with Crippen LogP contribution in [0.2, 0.25) is 0 Å². The summed E-state index contributed by atoms with van der Waals surface area (Å²) < 4.78 is 36.7. The van der Waals surface area contributed by atoms with E-state index in [-0.39, 0.29) is 17.9 Å². The van der Waals surface area contributed by atoms with Crippen molar-refractivity contribution in [3.8, 4) is 23.3 Å². The van der Waals surface area contributed by atoms with E-state index in [1.54, 1.807) is 31.2 Å². The molecule has 0 aliphatic carbocycles. The highest BCUT2D eigenvalue weighted by Crippen LogP contribution is 2.41. The van der Waals surface area contributed by atoms with E-state index in [0.29, 0.717) is 43.0 Å². The van der Waals surface area contributed by atoms with Crippen LogP contribution in [0.1, 0.15) is 25.3 Å². The van der Waals surface area contributed by atoms with E-state index in [1.165, 1.54) is 31.4 Å². The molecule has 0 aromatic heterocycles. The number of carbonyl (C=O) groups is 1. The fourth-order valence-electron chi connectivity index (χ4n) is 4.28. The fourth-order valence-corrected chi connectivity index (χ4v) is 6.45. The van der Waals surface area contributed by atoms with E-state index in [2.05, 4.69) is 17.2 Å². The van der Waals surface area contributed by atoms with Crippen molar-refractivity contribution in [2.45, 2.75) is 35.8 Å². The van der Waals surface area contributed by atoms with E-state index in [4.69, 9.17) is 9.47 Å². The van der Waals surface area contributed by atoms with Crippen LogP contribution < -0.4 is 14.8 Å². The second kappa shape index (κ2) is 10.7. The van der Waals surface area contributed by atoms with Gasteiger partial charge in [0.15, 0.2) is 14.6 Å². The van der Waals surface area contributed by atoms with Crippen molar-refractivity contribution in [1.82, 2.24) is 5.32 Å². The minimum Gasteiger partial charge on any atom is -0.497 e. The van der Waals surface area contributed by atoms with Gasteiger partial charge in [0.05, 0.1) is 12.0 Å². The lowest BCUT2D eigenvalue weighted by atomic mass is 9.80. The Kier molecular flexibility index (Phi) is 8.01. The smallest absolute Gasteiger partial charge is 0.326 e. The van der Waals surface area contributed by atoms with Gasteiger partial charge >= 0.3 is 5.97 Å². The number of ether oxygens (including phenoxy) is 2. The van der Waals surface area contributed by atoms with Crippen LogP contribution in [-0.4, -0.2) is 51.0 Å². The van der Waals surface area contributed by atoms with E-state index >= 15 is 0 Å². The maximum Gasteiger partial charge on any atom is 0.326 e. The largest absolute Gasteiger partial charge is 0.497 e. The number of hydrogen-bond donors (Lipinski definition) is 2. The van der Waals surface area contributed by atoms with Gasteiger partial charge in [-0.25, -0.2) is 8.42 Å². The second-order valence-electron chi connectivity index (χ2n) is 7.93. The molecule has 2 N–H and O–H groups in total. The topological polar surface area (TPSA) is 102 Å². The summed E-state index contributed by atoms with van der Waals surface area (Å²) in [4.78, 5) is 12.8. The number of sulfone groups is 1. The van der Waals surface area contributed by atoms with E-state index in [1.807, 2.05) is 0 Å².